The molecule has 49 heavy (non-hydrogen) atoms. The minimum atomic E-state index is -1.30. The molecule has 0 atom stereocenters. The molecule has 0 spiro atoms. The van der Waals surface area contributed by atoms with Gasteiger partial charge in [-0.25, -0.2) is 0 Å². The van der Waals surface area contributed by atoms with Crippen LogP contribution in [0.4, 0.5) is 0 Å². The van der Waals surface area contributed by atoms with Crippen molar-refractivity contribution in [1.82, 2.24) is 9.97 Å². The van der Waals surface area contributed by atoms with Gasteiger partial charge in [0.1, 0.15) is 0 Å². The van der Waals surface area contributed by atoms with Gasteiger partial charge >= 0.3 is 0 Å². The Kier molecular flexibility index (Phi) is 11.4. The minimum absolute atomic E-state index is 0. The quantitative estimate of drug-likeness (QED) is 0.123. The van der Waals surface area contributed by atoms with Crippen LogP contribution in [0.25, 0.3) is 53.8 Å². The van der Waals surface area contributed by atoms with Crippen LogP contribution in [0.2, 0.25) is 39.3 Å². The summed E-state index contributed by atoms with van der Waals surface area (Å²) in [5.74, 6) is 0.476. The fourth-order valence-electron chi connectivity index (χ4n) is 5.82. The second kappa shape index (κ2) is 15.2. The minimum Gasteiger partial charge on any atom is -0.305 e. The van der Waals surface area contributed by atoms with Crippen LogP contribution in [0.1, 0.15) is 25.3 Å². The molecule has 0 aliphatic carbocycles. The van der Waals surface area contributed by atoms with E-state index in [2.05, 4.69) is 143 Å². The molecule has 4 aromatic carbocycles. The molecular weight excluding hydrogens is 825 g/mol. The van der Waals surface area contributed by atoms with Gasteiger partial charge in [-0.3, -0.25) is 0 Å². The summed E-state index contributed by atoms with van der Waals surface area (Å²) >= 11 is 1.87. The maximum atomic E-state index is 4.70. The van der Waals surface area contributed by atoms with Crippen LogP contribution in [-0.4, -0.2) is 26.1 Å². The van der Waals surface area contributed by atoms with Crippen LogP contribution in [0.15, 0.2) is 116 Å². The second-order valence-corrected chi connectivity index (χ2v) is 26.0. The summed E-state index contributed by atoms with van der Waals surface area (Å²) in [6.45, 7) is 18.6. The number of fused-ring (bicyclic) bond motifs is 3. The summed E-state index contributed by atoms with van der Waals surface area (Å²) in [6.07, 6.45) is 3.94. The summed E-state index contributed by atoms with van der Waals surface area (Å²) in [6, 6.07) is 43.4. The molecule has 2 nitrogen and oxygen atoms in total. The smallest absolute Gasteiger partial charge is 0.0795 e. The first-order chi connectivity index (χ1) is 22.9. The number of aromatic nitrogens is 2. The third-order valence-corrected chi connectivity index (χ3v) is 14.2. The Morgan fingerprint density at radius 3 is 1.98 bits per heavy atom. The van der Waals surface area contributed by atoms with Crippen molar-refractivity contribution in [1.29, 1.82) is 0 Å². The number of benzene rings is 4. The zero-order chi connectivity index (χ0) is 34.1. The Bertz CT molecular complexity index is 2160. The van der Waals surface area contributed by atoms with Crippen LogP contribution >= 0.6 is 11.3 Å². The van der Waals surface area contributed by atoms with Crippen molar-refractivity contribution in [3.63, 3.8) is 0 Å². The first-order valence-electron chi connectivity index (χ1n) is 16.8. The fourth-order valence-corrected chi connectivity index (χ4v) is 9.37. The molecule has 0 saturated carbocycles. The van der Waals surface area contributed by atoms with Crippen LogP contribution in [-0.2, 0) is 20.1 Å². The summed E-state index contributed by atoms with van der Waals surface area (Å²) < 4.78 is 2.60. The molecule has 7 rings (SSSR count). The molecule has 0 amide bonds. The summed E-state index contributed by atoms with van der Waals surface area (Å²) in [5, 5.41) is 5.49. The summed E-state index contributed by atoms with van der Waals surface area (Å²) in [5.41, 5.74) is 8.08. The van der Waals surface area contributed by atoms with Gasteiger partial charge in [-0.2, -0.15) is 11.3 Å². The predicted molar refractivity (Wildman–Crippen MR) is 215 cm³/mol. The van der Waals surface area contributed by atoms with Gasteiger partial charge in [0, 0.05) is 37.2 Å². The number of hydrogen-bond donors (Lipinski definition) is 0. The average Bonchev–Trinajstić information content (AvgIpc) is 3.48. The third kappa shape index (κ3) is 8.28. The standard InChI is InChI=1S/C29H28NSSi.C14H16NSi.Ir/c1-19(2)21-16-17-30-27(18-21)26-11-7-10-25-24-9-6-8-23(28(24)31-29(25)26)20-12-14-22(15-13-20)32(3,4)5;1-16(2,3)13-9-10-14(15-11-13)12-7-5-4-6-8-12;/h6-10,12-19H,1-5H3;4-7,9-11H,1-3H3;/q2*-1;. The van der Waals surface area contributed by atoms with E-state index >= 15 is 0 Å². The van der Waals surface area contributed by atoms with Gasteiger partial charge in [0.15, 0.2) is 0 Å². The van der Waals surface area contributed by atoms with E-state index in [1.165, 1.54) is 47.2 Å². The number of nitrogens with zero attached hydrogens (tertiary/aromatic N) is 2. The molecule has 3 heterocycles. The molecule has 0 aliphatic rings. The molecule has 0 aliphatic heterocycles. The van der Waals surface area contributed by atoms with E-state index in [0.717, 1.165) is 22.5 Å². The first kappa shape index (κ1) is 36.8. The number of rotatable bonds is 6. The number of hydrogen-bond acceptors (Lipinski definition) is 3. The fraction of sp³-hybridized carbons (Fsp3) is 0.209. The molecular formula is C43H44IrN2SSi2-2. The Balaban J connectivity index is 0.000000233. The Morgan fingerprint density at radius 1 is 0.633 bits per heavy atom. The Labute approximate surface area is 312 Å². The molecule has 3 aromatic heterocycles. The van der Waals surface area contributed by atoms with Crippen molar-refractivity contribution < 1.29 is 20.1 Å². The average molecular weight is 869 g/mol. The van der Waals surface area contributed by atoms with Gasteiger partial charge < -0.3 is 9.97 Å². The molecule has 0 unspecified atom stereocenters. The molecule has 0 bridgehead atoms. The van der Waals surface area contributed by atoms with E-state index in [0.29, 0.717) is 5.92 Å². The molecule has 0 fully saturated rings. The van der Waals surface area contributed by atoms with Crippen LogP contribution in [0, 0.1) is 12.1 Å². The molecule has 0 N–H and O–H groups in total. The van der Waals surface area contributed by atoms with Gasteiger partial charge in [0.2, 0.25) is 0 Å². The van der Waals surface area contributed by atoms with E-state index in [-0.39, 0.29) is 20.1 Å². The van der Waals surface area contributed by atoms with Crippen LogP contribution < -0.4 is 10.4 Å². The van der Waals surface area contributed by atoms with Gasteiger partial charge in [-0.1, -0.05) is 130 Å². The van der Waals surface area contributed by atoms with E-state index < -0.39 is 16.1 Å². The first-order valence-corrected chi connectivity index (χ1v) is 24.6. The number of pyridine rings is 2. The number of thiophene rings is 1. The maximum Gasteiger partial charge on any atom is 0.0795 e. The van der Waals surface area contributed by atoms with Crippen molar-refractivity contribution in [2.24, 2.45) is 0 Å². The van der Waals surface area contributed by atoms with Crippen molar-refractivity contribution in [3.05, 3.63) is 133 Å². The monoisotopic (exact) mass is 869 g/mol. The zero-order valence-corrected chi connectivity index (χ0v) is 34.9. The van der Waals surface area contributed by atoms with Crippen molar-refractivity contribution in [2.75, 3.05) is 0 Å². The molecule has 7 aromatic rings. The largest absolute Gasteiger partial charge is 0.305 e. The van der Waals surface area contributed by atoms with Crippen molar-refractivity contribution >= 4 is 58.0 Å². The van der Waals surface area contributed by atoms with Crippen LogP contribution in [0.5, 0.6) is 0 Å². The zero-order valence-electron chi connectivity index (χ0n) is 29.7. The maximum absolute atomic E-state index is 4.70. The summed E-state index contributed by atoms with van der Waals surface area (Å²) in [4.78, 5) is 9.22. The van der Waals surface area contributed by atoms with Crippen molar-refractivity contribution in [3.8, 4) is 33.6 Å². The molecule has 6 heteroatoms. The topological polar surface area (TPSA) is 25.8 Å². The van der Waals surface area contributed by atoms with Gasteiger partial charge in [-0.15, -0.1) is 59.7 Å². The van der Waals surface area contributed by atoms with Crippen molar-refractivity contribution in [2.45, 2.75) is 59.0 Å². The molecule has 0 saturated heterocycles. The van der Waals surface area contributed by atoms with Gasteiger partial charge in [-0.05, 0) is 49.8 Å². The Hall–Kier alpha value is -3.52. The molecule has 251 valence electrons. The van der Waals surface area contributed by atoms with E-state index in [4.69, 9.17) is 4.98 Å². The van der Waals surface area contributed by atoms with E-state index in [1.807, 2.05) is 54.1 Å². The normalized spacial score (nSPS) is 11.7. The SMILES string of the molecule is CC(C)c1ccnc(-c2[c-]ccc3c2sc2c(-c4ccc([Si](C)(C)C)cc4)cccc23)c1.C[Si](C)(C)c1ccc(-c2[c-]cccc2)nc1.[Ir]. The van der Waals surface area contributed by atoms with Gasteiger partial charge in [0.25, 0.3) is 0 Å². The van der Waals surface area contributed by atoms with Crippen LogP contribution in [0.3, 0.4) is 0 Å². The van der Waals surface area contributed by atoms with E-state index in [1.54, 1.807) is 0 Å². The van der Waals surface area contributed by atoms with Gasteiger partial charge in [0.05, 0.1) is 16.1 Å². The Morgan fingerprint density at radius 2 is 1.35 bits per heavy atom. The summed E-state index contributed by atoms with van der Waals surface area (Å²) in [7, 11) is -2.53. The van der Waals surface area contributed by atoms with E-state index in [9.17, 15) is 0 Å². The second-order valence-electron chi connectivity index (χ2n) is 14.8. The predicted octanol–water partition coefficient (Wildman–Crippen LogP) is 11.3. The third-order valence-electron chi connectivity index (χ3n) is 8.84. The molecule has 1 radical (unpaired) electrons.